The fourth-order valence-corrected chi connectivity index (χ4v) is 6.22. The molecule has 0 bridgehead atoms. The summed E-state index contributed by atoms with van der Waals surface area (Å²) in [6.07, 6.45) is 9.78. The van der Waals surface area contributed by atoms with Crippen LogP contribution in [0.2, 0.25) is 0 Å². The van der Waals surface area contributed by atoms with Crippen molar-refractivity contribution >= 4 is 5.70 Å². The molecule has 1 aliphatic heterocycles. The Hall–Kier alpha value is -4.10. The van der Waals surface area contributed by atoms with E-state index in [1.165, 1.54) is 50.1 Å². The lowest BCUT2D eigenvalue weighted by atomic mass is 9.76. The van der Waals surface area contributed by atoms with E-state index in [-0.39, 0.29) is 0 Å². The molecule has 1 heterocycles. The maximum absolute atomic E-state index is 4.65. The maximum atomic E-state index is 4.65. The highest BCUT2D eigenvalue weighted by Gasteiger charge is 2.49. The lowest BCUT2D eigenvalue weighted by Gasteiger charge is -2.42. The molecule has 1 heteroatoms. The van der Waals surface area contributed by atoms with Crippen LogP contribution >= 0.6 is 0 Å². The zero-order chi connectivity index (χ0) is 26.1. The van der Waals surface area contributed by atoms with Crippen molar-refractivity contribution in [3.63, 3.8) is 0 Å². The minimum atomic E-state index is -0.431. The number of hydrogen-bond donors (Lipinski definition) is 0. The number of benzene rings is 4. The van der Waals surface area contributed by atoms with Gasteiger partial charge in [-0.1, -0.05) is 133 Å². The van der Waals surface area contributed by atoms with Crippen molar-refractivity contribution in [3.05, 3.63) is 172 Å². The molecule has 0 aromatic heterocycles. The van der Waals surface area contributed by atoms with E-state index < -0.39 is 5.54 Å². The fourth-order valence-electron chi connectivity index (χ4n) is 6.22. The number of hydrogen-bond acceptors (Lipinski definition) is 1. The zero-order valence-electron chi connectivity index (χ0n) is 22.5. The highest BCUT2D eigenvalue weighted by Crippen LogP contribution is 2.53. The highest BCUT2D eigenvalue weighted by molar-refractivity contribution is 5.77. The van der Waals surface area contributed by atoms with Gasteiger partial charge in [0.05, 0.1) is 0 Å². The molecule has 4 aromatic carbocycles. The van der Waals surface area contributed by atoms with E-state index in [0.717, 1.165) is 31.5 Å². The van der Waals surface area contributed by atoms with Crippen molar-refractivity contribution in [2.45, 2.75) is 38.6 Å². The average molecular weight is 494 g/mol. The summed E-state index contributed by atoms with van der Waals surface area (Å²) >= 11 is 0. The molecule has 1 atom stereocenters. The second kappa shape index (κ2) is 9.99. The van der Waals surface area contributed by atoms with Crippen molar-refractivity contribution in [1.82, 2.24) is 4.90 Å². The van der Waals surface area contributed by atoms with Crippen LogP contribution in [-0.2, 0) is 18.4 Å². The molecule has 6 rings (SSSR count). The molecule has 1 aliphatic carbocycles. The smallest absolute Gasteiger partial charge is 0.117 e. The largest absolute Gasteiger partial charge is 0.350 e. The minimum Gasteiger partial charge on any atom is -0.350 e. The molecule has 1 unspecified atom stereocenters. The Morgan fingerprint density at radius 1 is 0.737 bits per heavy atom. The quantitative estimate of drug-likeness (QED) is 0.249. The van der Waals surface area contributed by atoms with Gasteiger partial charge in [0.15, 0.2) is 0 Å². The van der Waals surface area contributed by atoms with Crippen LogP contribution in [0.3, 0.4) is 0 Å². The summed E-state index contributed by atoms with van der Waals surface area (Å²) in [7, 11) is 0. The Labute approximate surface area is 227 Å². The highest BCUT2D eigenvalue weighted by atomic mass is 15.2. The lowest BCUT2D eigenvalue weighted by molar-refractivity contribution is 0.286. The number of nitrogens with zero attached hydrogens (tertiary/aromatic N) is 1. The van der Waals surface area contributed by atoms with Gasteiger partial charge in [-0.25, -0.2) is 0 Å². The van der Waals surface area contributed by atoms with Crippen molar-refractivity contribution in [2.75, 3.05) is 6.54 Å². The minimum absolute atomic E-state index is 0.431. The van der Waals surface area contributed by atoms with Gasteiger partial charge < -0.3 is 4.90 Å². The molecule has 0 spiro atoms. The van der Waals surface area contributed by atoms with Crippen LogP contribution < -0.4 is 0 Å². The Kier molecular flexibility index (Phi) is 6.37. The van der Waals surface area contributed by atoms with Crippen LogP contribution in [0, 0.1) is 13.8 Å². The summed E-state index contributed by atoms with van der Waals surface area (Å²) < 4.78 is 0. The molecule has 0 amide bonds. The molecule has 0 N–H and O–H groups in total. The van der Waals surface area contributed by atoms with Crippen LogP contribution in [-0.4, -0.2) is 11.4 Å². The Morgan fingerprint density at radius 3 is 2.16 bits per heavy atom. The fraction of sp³-hybridized carbons (Fsp3) is 0.189. The third kappa shape index (κ3) is 4.23. The number of aryl methyl sites for hydroxylation is 4. The van der Waals surface area contributed by atoms with Gasteiger partial charge in [0.25, 0.3) is 0 Å². The molecule has 1 nitrogen and oxygen atoms in total. The van der Waals surface area contributed by atoms with Crippen molar-refractivity contribution in [2.24, 2.45) is 0 Å². The van der Waals surface area contributed by atoms with E-state index in [1.807, 2.05) is 0 Å². The predicted octanol–water partition coefficient (Wildman–Crippen LogP) is 8.55. The van der Waals surface area contributed by atoms with Crippen molar-refractivity contribution < 1.29 is 0 Å². The summed E-state index contributed by atoms with van der Waals surface area (Å²) in [6, 6.07) is 36.2. The summed E-state index contributed by atoms with van der Waals surface area (Å²) in [6.45, 7) is 9.83. The monoisotopic (exact) mass is 493 g/mol. The van der Waals surface area contributed by atoms with Crippen LogP contribution in [0.4, 0.5) is 0 Å². The first-order valence-electron chi connectivity index (χ1n) is 13.7. The Bertz CT molecular complexity index is 1530. The molecule has 0 saturated heterocycles. The lowest BCUT2D eigenvalue weighted by Crippen LogP contribution is -2.43. The van der Waals surface area contributed by atoms with Gasteiger partial charge in [0.2, 0.25) is 0 Å². The van der Waals surface area contributed by atoms with E-state index in [0.29, 0.717) is 0 Å². The third-order valence-corrected chi connectivity index (χ3v) is 8.19. The normalized spacial score (nSPS) is 18.1. The van der Waals surface area contributed by atoms with Crippen LogP contribution in [0.1, 0.15) is 50.9 Å². The molecule has 2 aliphatic rings. The van der Waals surface area contributed by atoms with Gasteiger partial charge in [0, 0.05) is 17.8 Å². The molecule has 0 saturated carbocycles. The molecular weight excluding hydrogens is 458 g/mol. The average Bonchev–Trinajstić information content (AvgIpc) is 3.54. The topological polar surface area (TPSA) is 3.24 Å². The summed E-state index contributed by atoms with van der Waals surface area (Å²) in [5.74, 6) is 0. The van der Waals surface area contributed by atoms with Crippen LogP contribution in [0.25, 0.3) is 5.70 Å². The number of fused-ring (bicyclic) bond motifs is 1. The molecule has 38 heavy (non-hydrogen) atoms. The second-order valence-electron chi connectivity index (χ2n) is 10.8. The summed E-state index contributed by atoms with van der Waals surface area (Å²) in [5, 5.41) is 0. The van der Waals surface area contributed by atoms with E-state index in [1.54, 1.807) is 0 Å². The SMILES string of the molecule is C=C1c2ccccc2C(c2ccc(C)cc2)(c2ccc(CCc3cccc(C)c3)cc2)N1CC1=CC=CC1. The standard InChI is InChI=1S/C37H35N/c1-27-15-21-33(22-16-27)37(34-23-19-30(20-24-34)17-18-31-12-8-9-28(2)25-31)36-14-7-6-13-35(36)29(3)38(37)26-32-10-4-5-11-32/h4-10,12-16,19-25H,3,11,17-18,26H2,1-2H3. The van der Waals surface area contributed by atoms with Crippen molar-refractivity contribution in [1.29, 1.82) is 0 Å². The molecule has 0 fully saturated rings. The molecular formula is C37H35N. The van der Waals surface area contributed by atoms with E-state index >= 15 is 0 Å². The van der Waals surface area contributed by atoms with Gasteiger partial charge in [-0.15, -0.1) is 0 Å². The number of allylic oxidation sites excluding steroid dienone is 3. The summed E-state index contributed by atoms with van der Waals surface area (Å²) in [5.41, 5.74) is 12.6. The van der Waals surface area contributed by atoms with Gasteiger partial charge in [0.1, 0.15) is 5.54 Å². The first kappa shape index (κ1) is 24.2. The van der Waals surface area contributed by atoms with E-state index in [9.17, 15) is 0 Å². The molecule has 4 aromatic rings. The Morgan fingerprint density at radius 2 is 1.45 bits per heavy atom. The van der Waals surface area contributed by atoms with Gasteiger partial charge in [-0.2, -0.15) is 0 Å². The Balaban J connectivity index is 1.45. The summed E-state index contributed by atoms with van der Waals surface area (Å²) in [4.78, 5) is 2.54. The second-order valence-corrected chi connectivity index (χ2v) is 10.8. The van der Waals surface area contributed by atoms with Crippen LogP contribution in [0.15, 0.2) is 127 Å². The maximum Gasteiger partial charge on any atom is 0.117 e. The van der Waals surface area contributed by atoms with E-state index in [4.69, 9.17) is 0 Å². The zero-order valence-corrected chi connectivity index (χ0v) is 22.5. The van der Waals surface area contributed by atoms with Crippen LogP contribution in [0.5, 0.6) is 0 Å². The van der Waals surface area contributed by atoms with Crippen molar-refractivity contribution in [3.8, 4) is 0 Å². The van der Waals surface area contributed by atoms with Gasteiger partial charge in [-0.05, 0) is 66.5 Å². The molecule has 0 radical (unpaired) electrons. The van der Waals surface area contributed by atoms with Gasteiger partial charge >= 0.3 is 0 Å². The number of rotatable bonds is 7. The van der Waals surface area contributed by atoms with E-state index in [2.05, 4.69) is 141 Å². The first-order chi connectivity index (χ1) is 18.6. The predicted molar refractivity (Wildman–Crippen MR) is 160 cm³/mol. The first-order valence-corrected chi connectivity index (χ1v) is 13.7. The molecule has 188 valence electrons. The van der Waals surface area contributed by atoms with Gasteiger partial charge in [-0.3, -0.25) is 0 Å². The third-order valence-electron chi connectivity index (χ3n) is 8.19.